The molecule has 3 nitrogen and oxygen atoms in total. The molecule has 0 N–H and O–H groups in total. The Hall–Kier alpha value is -1.60. The molecule has 3 rings (SSSR count). The van der Waals surface area contributed by atoms with Crippen LogP contribution in [0, 0.1) is 6.92 Å². The first kappa shape index (κ1) is 9.61. The molecule has 0 bridgehead atoms. The van der Waals surface area contributed by atoms with Crippen LogP contribution in [-0.4, -0.2) is 12.7 Å². The molecule has 0 amide bonds. The molecule has 0 saturated heterocycles. The van der Waals surface area contributed by atoms with Gasteiger partial charge in [-0.3, -0.25) is 0 Å². The maximum Gasteiger partial charge on any atom is 0.235 e. The van der Waals surface area contributed by atoms with Crippen LogP contribution in [0.25, 0.3) is 0 Å². The summed E-state index contributed by atoms with van der Waals surface area (Å²) >= 11 is 0. The summed E-state index contributed by atoms with van der Waals surface area (Å²) in [4.78, 5) is 14.5. The number of benzene rings is 1. The van der Waals surface area contributed by atoms with E-state index in [1.165, 1.54) is 16.7 Å². The van der Waals surface area contributed by atoms with E-state index in [0.717, 1.165) is 31.6 Å². The average molecular weight is 215 g/mol. The lowest BCUT2D eigenvalue weighted by molar-refractivity contribution is 0.357. The first-order valence-corrected chi connectivity index (χ1v) is 5.62. The fourth-order valence-corrected chi connectivity index (χ4v) is 2.66. The normalized spacial score (nSPS) is 19.6. The first-order chi connectivity index (χ1) is 7.77. The number of rotatable bonds is 2. The highest BCUT2D eigenvalue weighted by Gasteiger charge is 2.48. The smallest absolute Gasteiger partial charge is 0.235 e. The molecule has 0 spiro atoms. The third-order valence-electron chi connectivity index (χ3n) is 3.54. The van der Waals surface area contributed by atoms with Crippen LogP contribution < -0.4 is 4.74 Å². The van der Waals surface area contributed by atoms with Crippen molar-refractivity contribution < 1.29 is 9.53 Å². The van der Waals surface area contributed by atoms with Crippen molar-refractivity contribution >= 4 is 6.08 Å². The number of fused-ring (bicyclic) bond motifs is 1. The lowest BCUT2D eigenvalue weighted by Gasteiger charge is -2.15. The fraction of sp³-hybridized carbons (Fsp3) is 0.462. The maximum absolute atomic E-state index is 10.5. The Kier molecular flexibility index (Phi) is 1.92. The Morgan fingerprint density at radius 3 is 2.94 bits per heavy atom. The van der Waals surface area contributed by atoms with E-state index in [9.17, 15) is 4.79 Å². The monoisotopic (exact) mass is 215 g/mol. The molecule has 82 valence electrons. The maximum atomic E-state index is 10.5. The minimum absolute atomic E-state index is 0.273. The predicted octanol–water partition coefficient (Wildman–Crippen LogP) is 2.25. The molecule has 1 aliphatic carbocycles. The van der Waals surface area contributed by atoms with Crippen molar-refractivity contribution in [1.82, 2.24) is 0 Å². The summed E-state index contributed by atoms with van der Waals surface area (Å²) in [6.45, 7) is 2.82. The van der Waals surface area contributed by atoms with Crippen molar-refractivity contribution in [2.24, 2.45) is 4.99 Å². The van der Waals surface area contributed by atoms with Crippen molar-refractivity contribution in [3.8, 4) is 5.75 Å². The molecule has 1 fully saturated rings. The van der Waals surface area contributed by atoms with Crippen LogP contribution >= 0.6 is 0 Å². The van der Waals surface area contributed by atoms with E-state index in [-0.39, 0.29) is 5.54 Å². The number of ether oxygens (including phenoxy) is 1. The summed E-state index contributed by atoms with van der Waals surface area (Å²) in [5.41, 5.74) is 3.40. The van der Waals surface area contributed by atoms with Gasteiger partial charge in [0.25, 0.3) is 0 Å². The van der Waals surface area contributed by atoms with Gasteiger partial charge in [-0.2, -0.15) is 4.99 Å². The van der Waals surface area contributed by atoms with Gasteiger partial charge in [-0.15, -0.1) is 0 Å². The third kappa shape index (κ3) is 1.22. The van der Waals surface area contributed by atoms with Crippen LogP contribution in [0.2, 0.25) is 0 Å². The fourth-order valence-electron chi connectivity index (χ4n) is 2.66. The highest BCUT2D eigenvalue weighted by Crippen LogP contribution is 2.53. The van der Waals surface area contributed by atoms with Crippen molar-refractivity contribution in [2.75, 3.05) is 6.61 Å². The molecule has 2 aliphatic rings. The summed E-state index contributed by atoms with van der Waals surface area (Å²) in [6.07, 6.45) is 4.57. The van der Waals surface area contributed by atoms with Gasteiger partial charge in [0.15, 0.2) is 0 Å². The van der Waals surface area contributed by atoms with Gasteiger partial charge < -0.3 is 4.74 Å². The summed E-state index contributed by atoms with van der Waals surface area (Å²) in [5, 5.41) is 0. The van der Waals surface area contributed by atoms with E-state index >= 15 is 0 Å². The zero-order chi connectivity index (χ0) is 11.2. The minimum Gasteiger partial charge on any atom is -0.493 e. The Labute approximate surface area is 94.1 Å². The number of nitrogens with zero attached hydrogens (tertiary/aromatic N) is 1. The average Bonchev–Trinajstić information content (AvgIpc) is 2.89. The molecule has 1 aliphatic heterocycles. The zero-order valence-electron chi connectivity index (χ0n) is 9.25. The zero-order valence-corrected chi connectivity index (χ0v) is 9.25. The van der Waals surface area contributed by atoms with Crippen LogP contribution in [0.4, 0.5) is 0 Å². The molecule has 0 unspecified atom stereocenters. The van der Waals surface area contributed by atoms with E-state index in [1.807, 2.05) is 6.07 Å². The van der Waals surface area contributed by atoms with E-state index in [1.54, 1.807) is 6.08 Å². The Morgan fingerprint density at radius 2 is 2.25 bits per heavy atom. The molecule has 1 aromatic rings. The Morgan fingerprint density at radius 1 is 1.44 bits per heavy atom. The van der Waals surface area contributed by atoms with Crippen LogP contribution in [0.3, 0.4) is 0 Å². The van der Waals surface area contributed by atoms with E-state index in [4.69, 9.17) is 4.74 Å². The molecule has 1 heterocycles. The van der Waals surface area contributed by atoms with Crippen LogP contribution in [0.5, 0.6) is 5.75 Å². The van der Waals surface area contributed by atoms with E-state index < -0.39 is 0 Å². The van der Waals surface area contributed by atoms with Crippen molar-refractivity contribution in [3.05, 3.63) is 28.8 Å². The van der Waals surface area contributed by atoms with E-state index in [0.29, 0.717) is 0 Å². The van der Waals surface area contributed by atoms with Gasteiger partial charge >= 0.3 is 0 Å². The van der Waals surface area contributed by atoms with Crippen molar-refractivity contribution in [3.63, 3.8) is 0 Å². The van der Waals surface area contributed by atoms with Crippen molar-refractivity contribution in [2.45, 2.75) is 31.7 Å². The largest absolute Gasteiger partial charge is 0.493 e. The molecule has 16 heavy (non-hydrogen) atoms. The molecule has 1 saturated carbocycles. The Balaban J connectivity index is 2.20. The Bertz CT molecular complexity index is 497. The van der Waals surface area contributed by atoms with Gasteiger partial charge in [0.05, 0.1) is 12.1 Å². The molecule has 0 atom stereocenters. The first-order valence-electron chi connectivity index (χ1n) is 5.62. The predicted molar refractivity (Wildman–Crippen MR) is 59.4 cm³/mol. The topological polar surface area (TPSA) is 38.7 Å². The van der Waals surface area contributed by atoms with E-state index in [2.05, 4.69) is 18.0 Å². The molecular formula is C13H13NO2. The quantitative estimate of drug-likeness (QED) is 0.560. The number of isocyanates is 1. The van der Waals surface area contributed by atoms with Gasteiger partial charge in [0.1, 0.15) is 5.75 Å². The van der Waals surface area contributed by atoms with Crippen molar-refractivity contribution in [1.29, 1.82) is 0 Å². The van der Waals surface area contributed by atoms with Gasteiger partial charge in [0.2, 0.25) is 6.08 Å². The second-order valence-corrected chi connectivity index (χ2v) is 4.57. The number of carbonyl (C=O) groups excluding carboxylic acids is 1. The van der Waals surface area contributed by atoms with Crippen LogP contribution in [0.1, 0.15) is 29.5 Å². The molecule has 3 heteroatoms. The van der Waals surface area contributed by atoms with Gasteiger partial charge in [-0.1, -0.05) is 6.07 Å². The summed E-state index contributed by atoms with van der Waals surface area (Å²) < 4.78 is 5.55. The number of hydrogen-bond donors (Lipinski definition) is 0. The number of aliphatic imine (C=N–C) groups is 1. The summed E-state index contributed by atoms with van der Waals surface area (Å²) in [7, 11) is 0. The van der Waals surface area contributed by atoms with Gasteiger partial charge in [-0.05, 0) is 37.0 Å². The molecule has 0 aromatic heterocycles. The molecule has 0 radical (unpaired) electrons. The summed E-state index contributed by atoms with van der Waals surface area (Å²) in [6, 6.07) is 4.07. The lowest BCUT2D eigenvalue weighted by atomic mass is 9.92. The minimum atomic E-state index is -0.273. The SMILES string of the molecule is Cc1ccc2c(c1C1(N=C=O)CC1)CCO2. The lowest BCUT2D eigenvalue weighted by Crippen LogP contribution is -2.08. The standard InChI is InChI=1S/C13H13NO2/c1-9-2-3-11-10(4-7-16-11)12(9)13(5-6-13)14-8-15/h2-3H,4-7H2,1H3. The third-order valence-corrected chi connectivity index (χ3v) is 3.54. The number of aryl methyl sites for hydroxylation is 1. The van der Waals surface area contributed by atoms with Crippen LogP contribution in [0.15, 0.2) is 17.1 Å². The molecular weight excluding hydrogens is 202 g/mol. The van der Waals surface area contributed by atoms with Crippen LogP contribution in [-0.2, 0) is 16.8 Å². The second-order valence-electron chi connectivity index (χ2n) is 4.57. The highest BCUT2D eigenvalue weighted by atomic mass is 16.5. The highest BCUT2D eigenvalue weighted by molar-refractivity contribution is 5.54. The second kappa shape index (κ2) is 3.19. The number of hydrogen-bond acceptors (Lipinski definition) is 3. The van der Waals surface area contributed by atoms with Gasteiger partial charge in [0, 0.05) is 12.0 Å². The molecule has 1 aromatic carbocycles. The summed E-state index contributed by atoms with van der Waals surface area (Å²) in [5.74, 6) is 0.966. The van der Waals surface area contributed by atoms with Gasteiger partial charge in [-0.25, -0.2) is 4.79 Å².